The average molecular weight is 368 g/mol. The quantitative estimate of drug-likeness (QED) is 0.731. The number of amides is 2. The zero-order chi connectivity index (χ0) is 17.6. The third-order valence-corrected chi connectivity index (χ3v) is 4.72. The Balaban J connectivity index is 1.86. The minimum atomic E-state index is -3.31. The fourth-order valence-corrected chi connectivity index (χ4v) is 2.60. The Kier molecular flexibility index (Phi) is 6.05. The van der Waals surface area contributed by atoms with Crippen LogP contribution in [0.2, 0.25) is 5.02 Å². The average Bonchev–Trinajstić information content (AvgIpc) is 2.56. The standard InChI is InChI=1S/C16H18ClN3O3S/c1-2-24(22,23)20-15-9-7-14(8-10-15)19-16(21)18-11-12-3-5-13(17)6-4-12/h3-10,20H,2,11H2,1H3,(H2,18,19,21). The first-order valence-corrected chi connectivity index (χ1v) is 9.31. The Morgan fingerprint density at radius 2 is 1.58 bits per heavy atom. The van der Waals surface area contributed by atoms with Crippen LogP contribution in [0.4, 0.5) is 16.2 Å². The number of carbonyl (C=O) groups excluding carboxylic acids is 1. The SMILES string of the molecule is CCS(=O)(=O)Nc1ccc(NC(=O)NCc2ccc(Cl)cc2)cc1. The Morgan fingerprint density at radius 1 is 1.00 bits per heavy atom. The molecule has 0 aliphatic rings. The van der Waals surface area contributed by atoms with Gasteiger partial charge >= 0.3 is 6.03 Å². The second kappa shape index (κ2) is 8.03. The van der Waals surface area contributed by atoms with Gasteiger partial charge in [0.15, 0.2) is 0 Å². The number of sulfonamides is 1. The van der Waals surface area contributed by atoms with Gasteiger partial charge in [-0.1, -0.05) is 23.7 Å². The summed E-state index contributed by atoms with van der Waals surface area (Å²) in [5, 5.41) is 6.04. The third kappa shape index (κ3) is 5.75. The van der Waals surface area contributed by atoms with Crippen molar-refractivity contribution in [1.29, 1.82) is 0 Å². The van der Waals surface area contributed by atoms with E-state index in [-0.39, 0.29) is 11.8 Å². The highest BCUT2D eigenvalue weighted by atomic mass is 35.5. The van der Waals surface area contributed by atoms with Crippen LogP contribution in [-0.2, 0) is 16.6 Å². The molecule has 0 heterocycles. The Morgan fingerprint density at radius 3 is 2.17 bits per heavy atom. The van der Waals surface area contributed by atoms with Crippen LogP contribution in [0.25, 0.3) is 0 Å². The van der Waals surface area contributed by atoms with Crippen molar-refractivity contribution in [2.75, 3.05) is 15.8 Å². The number of halogens is 1. The summed E-state index contributed by atoms with van der Waals surface area (Å²) in [6.45, 7) is 1.93. The van der Waals surface area contributed by atoms with Crippen LogP contribution in [0.1, 0.15) is 12.5 Å². The minimum absolute atomic E-state index is 0.000105. The van der Waals surface area contributed by atoms with E-state index in [0.29, 0.717) is 22.9 Å². The highest BCUT2D eigenvalue weighted by Gasteiger charge is 2.07. The zero-order valence-corrected chi connectivity index (χ0v) is 14.6. The second-order valence-corrected chi connectivity index (χ2v) is 7.46. The van der Waals surface area contributed by atoms with Gasteiger partial charge in [-0.2, -0.15) is 0 Å². The first-order chi connectivity index (χ1) is 11.4. The van der Waals surface area contributed by atoms with Crippen molar-refractivity contribution >= 4 is 39.0 Å². The molecule has 0 fully saturated rings. The van der Waals surface area contributed by atoms with Crippen molar-refractivity contribution < 1.29 is 13.2 Å². The van der Waals surface area contributed by atoms with E-state index >= 15 is 0 Å². The summed E-state index contributed by atoms with van der Waals surface area (Å²) >= 11 is 5.80. The van der Waals surface area contributed by atoms with E-state index in [4.69, 9.17) is 11.6 Å². The predicted octanol–water partition coefficient (Wildman–Crippen LogP) is 3.42. The van der Waals surface area contributed by atoms with Gasteiger partial charge < -0.3 is 10.6 Å². The van der Waals surface area contributed by atoms with Gasteiger partial charge in [-0.15, -0.1) is 0 Å². The Labute approximate surface area is 146 Å². The molecule has 2 aromatic rings. The minimum Gasteiger partial charge on any atom is -0.334 e. The van der Waals surface area contributed by atoms with E-state index in [1.54, 1.807) is 43.3 Å². The van der Waals surface area contributed by atoms with Gasteiger partial charge in [-0.3, -0.25) is 4.72 Å². The van der Waals surface area contributed by atoms with Crippen LogP contribution in [0.3, 0.4) is 0 Å². The molecule has 6 nitrogen and oxygen atoms in total. The van der Waals surface area contributed by atoms with E-state index in [0.717, 1.165) is 5.56 Å². The molecule has 24 heavy (non-hydrogen) atoms. The summed E-state index contributed by atoms with van der Waals surface area (Å²) in [5.74, 6) is 0.000105. The molecule has 2 aromatic carbocycles. The zero-order valence-electron chi connectivity index (χ0n) is 13.0. The van der Waals surface area contributed by atoms with Gasteiger partial charge in [0, 0.05) is 22.9 Å². The maximum atomic E-state index is 11.9. The van der Waals surface area contributed by atoms with Crippen LogP contribution in [0, 0.1) is 0 Å². The summed E-state index contributed by atoms with van der Waals surface area (Å²) < 4.78 is 25.4. The van der Waals surface area contributed by atoms with Gasteiger partial charge in [0.05, 0.1) is 5.75 Å². The number of nitrogens with one attached hydrogen (secondary N) is 3. The van der Waals surface area contributed by atoms with Crippen LogP contribution >= 0.6 is 11.6 Å². The van der Waals surface area contributed by atoms with Crippen molar-refractivity contribution in [2.24, 2.45) is 0 Å². The highest BCUT2D eigenvalue weighted by Crippen LogP contribution is 2.15. The Hall–Kier alpha value is -2.25. The second-order valence-electron chi connectivity index (χ2n) is 5.02. The van der Waals surface area contributed by atoms with Crippen molar-refractivity contribution in [3.8, 4) is 0 Å². The molecule has 0 radical (unpaired) electrons. The summed E-state index contributed by atoms with van der Waals surface area (Å²) in [4.78, 5) is 11.9. The maximum Gasteiger partial charge on any atom is 0.319 e. The van der Waals surface area contributed by atoms with E-state index in [2.05, 4.69) is 15.4 Å². The molecule has 0 aliphatic heterocycles. The van der Waals surface area contributed by atoms with Gasteiger partial charge in [-0.25, -0.2) is 13.2 Å². The molecule has 0 saturated carbocycles. The van der Waals surface area contributed by atoms with Crippen LogP contribution in [0.5, 0.6) is 0 Å². The topological polar surface area (TPSA) is 87.3 Å². The molecule has 0 bridgehead atoms. The van der Waals surface area contributed by atoms with Gasteiger partial charge in [0.25, 0.3) is 0 Å². The lowest BCUT2D eigenvalue weighted by Crippen LogP contribution is -2.28. The van der Waals surface area contributed by atoms with E-state index < -0.39 is 10.0 Å². The summed E-state index contributed by atoms with van der Waals surface area (Å²) in [7, 11) is -3.31. The molecule has 0 saturated heterocycles. The van der Waals surface area contributed by atoms with Crippen LogP contribution in [0.15, 0.2) is 48.5 Å². The van der Waals surface area contributed by atoms with Crippen molar-refractivity contribution in [3.63, 3.8) is 0 Å². The molecule has 0 aromatic heterocycles. The first kappa shape index (κ1) is 18.1. The number of benzene rings is 2. The molecule has 0 atom stereocenters. The lowest BCUT2D eigenvalue weighted by molar-refractivity contribution is 0.251. The maximum absolute atomic E-state index is 11.9. The van der Waals surface area contributed by atoms with E-state index in [1.807, 2.05) is 12.1 Å². The summed E-state index contributed by atoms with van der Waals surface area (Å²) in [5.41, 5.74) is 1.94. The lowest BCUT2D eigenvalue weighted by atomic mass is 10.2. The number of carbonyl (C=O) groups is 1. The molecule has 2 amide bonds. The molecular formula is C16H18ClN3O3S. The third-order valence-electron chi connectivity index (χ3n) is 3.16. The smallest absolute Gasteiger partial charge is 0.319 e. The molecule has 0 aliphatic carbocycles. The van der Waals surface area contributed by atoms with E-state index in [1.165, 1.54) is 0 Å². The molecule has 128 valence electrons. The molecule has 0 spiro atoms. The first-order valence-electron chi connectivity index (χ1n) is 7.28. The van der Waals surface area contributed by atoms with Crippen LogP contribution < -0.4 is 15.4 Å². The van der Waals surface area contributed by atoms with Crippen molar-refractivity contribution in [2.45, 2.75) is 13.5 Å². The molecule has 2 rings (SSSR count). The Bertz CT molecular complexity index is 790. The largest absolute Gasteiger partial charge is 0.334 e. The molecular weight excluding hydrogens is 350 g/mol. The van der Waals surface area contributed by atoms with Crippen molar-refractivity contribution in [3.05, 3.63) is 59.1 Å². The fourth-order valence-electron chi connectivity index (χ4n) is 1.83. The molecule has 3 N–H and O–H groups in total. The normalized spacial score (nSPS) is 10.9. The predicted molar refractivity (Wildman–Crippen MR) is 96.8 cm³/mol. The number of rotatable bonds is 6. The lowest BCUT2D eigenvalue weighted by Gasteiger charge is -2.09. The number of hydrogen-bond acceptors (Lipinski definition) is 3. The number of urea groups is 1. The van der Waals surface area contributed by atoms with Gasteiger partial charge in [0.1, 0.15) is 0 Å². The number of anilines is 2. The number of hydrogen-bond donors (Lipinski definition) is 3. The monoisotopic (exact) mass is 367 g/mol. The fraction of sp³-hybridized carbons (Fsp3) is 0.188. The highest BCUT2D eigenvalue weighted by molar-refractivity contribution is 7.92. The summed E-state index contributed by atoms with van der Waals surface area (Å²) in [6.07, 6.45) is 0. The molecule has 8 heteroatoms. The van der Waals surface area contributed by atoms with Gasteiger partial charge in [0.2, 0.25) is 10.0 Å². The van der Waals surface area contributed by atoms with E-state index in [9.17, 15) is 13.2 Å². The molecule has 0 unspecified atom stereocenters. The van der Waals surface area contributed by atoms with Gasteiger partial charge in [-0.05, 0) is 48.9 Å². The van der Waals surface area contributed by atoms with Crippen LogP contribution in [-0.4, -0.2) is 20.2 Å². The van der Waals surface area contributed by atoms with Crippen molar-refractivity contribution in [1.82, 2.24) is 5.32 Å². The summed E-state index contributed by atoms with van der Waals surface area (Å²) in [6, 6.07) is 13.2.